The second-order valence-electron chi connectivity index (χ2n) is 8.55. The van der Waals surface area contributed by atoms with Crippen molar-refractivity contribution in [3.63, 3.8) is 0 Å². The average molecular weight is 499 g/mol. The molecule has 0 aliphatic carbocycles. The molecule has 0 unspecified atom stereocenters. The van der Waals surface area contributed by atoms with Gasteiger partial charge in [-0.15, -0.1) is 0 Å². The van der Waals surface area contributed by atoms with E-state index in [0.29, 0.717) is 32.6 Å². The number of hydrogen-bond acceptors (Lipinski definition) is 4. The molecule has 3 rings (SSSR count). The molecule has 0 aliphatic heterocycles. The van der Waals surface area contributed by atoms with Crippen molar-refractivity contribution in [1.29, 1.82) is 0 Å². The molecule has 0 atom stereocenters. The smallest absolute Gasteiger partial charge is 0.276 e. The molecule has 3 aromatic rings. The van der Waals surface area contributed by atoms with Crippen LogP contribution in [0, 0.1) is 11.8 Å². The fraction of sp³-hybridized carbons (Fsp3) is 0.240. The maximum absolute atomic E-state index is 12.8. The number of aromatic nitrogens is 2. The Morgan fingerprint density at radius 2 is 1.79 bits per heavy atom. The number of nitrogens with one attached hydrogen (secondary N) is 2. The molecule has 1 aromatic heterocycles. The van der Waals surface area contributed by atoms with Crippen LogP contribution in [0.2, 0.25) is 10.0 Å². The first-order chi connectivity index (χ1) is 16.0. The first-order valence-electron chi connectivity index (χ1n) is 10.4. The molecule has 2 amide bonds. The summed E-state index contributed by atoms with van der Waals surface area (Å²) in [6.07, 6.45) is 0. The molecule has 7 nitrogen and oxygen atoms in total. The van der Waals surface area contributed by atoms with Gasteiger partial charge in [-0.2, -0.15) is 5.10 Å². The summed E-state index contributed by atoms with van der Waals surface area (Å²) in [4.78, 5) is 23.8. The molecule has 0 aliphatic rings. The van der Waals surface area contributed by atoms with E-state index in [1.165, 1.54) is 11.6 Å². The van der Waals surface area contributed by atoms with Crippen LogP contribution in [0.3, 0.4) is 0 Å². The van der Waals surface area contributed by atoms with Crippen LogP contribution >= 0.6 is 23.2 Å². The van der Waals surface area contributed by atoms with Gasteiger partial charge in [0.05, 0.1) is 17.3 Å². The van der Waals surface area contributed by atoms with Gasteiger partial charge in [0.2, 0.25) is 5.91 Å². The lowest BCUT2D eigenvalue weighted by Gasteiger charge is -2.19. The Labute approximate surface area is 208 Å². The van der Waals surface area contributed by atoms with E-state index in [0.717, 1.165) is 0 Å². The van der Waals surface area contributed by atoms with E-state index in [9.17, 15) is 14.7 Å². The Hall–Kier alpha value is -3.47. The third kappa shape index (κ3) is 6.10. The van der Waals surface area contributed by atoms with Gasteiger partial charge in [-0.1, -0.05) is 47.2 Å². The van der Waals surface area contributed by atoms with Gasteiger partial charge in [0.15, 0.2) is 11.4 Å². The summed E-state index contributed by atoms with van der Waals surface area (Å²) in [5.41, 5.74) is 1.32. The lowest BCUT2D eigenvalue weighted by atomic mass is 10.1. The first kappa shape index (κ1) is 25.2. The zero-order valence-corrected chi connectivity index (χ0v) is 20.7. The molecule has 34 heavy (non-hydrogen) atoms. The Bertz CT molecular complexity index is 1300. The quantitative estimate of drug-likeness (QED) is 0.459. The number of halogens is 2. The number of carbonyl (C=O) groups is 2. The minimum atomic E-state index is -0.525. The highest BCUT2D eigenvalue weighted by Gasteiger charge is 2.27. The molecule has 0 radical (unpaired) electrons. The molecule has 0 saturated carbocycles. The molecule has 0 saturated heterocycles. The van der Waals surface area contributed by atoms with Crippen LogP contribution in [0.25, 0.3) is 16.9 Å². The van der Waals surface area contributed by atoms with Crippen LogP contribution in [0.5, 0.6) is 5.75 Å². The van der Waals surface area contributed by atoms with Gasteiger partial charge in [0, 0.05) is 28.6 Å². The zero-order chi connectivity index (χ0) is 25.0. The second-order valence-corrected chi connectivity index (χ2v) is 9.39. The average Bonchev–Trinajstić information content (AvgIpc) is 3.07. The number of nitrogens with zero attached hydrogens (tertiary/aromatic N) is 2. The first-order valence-corrected chi connectivity index (χ1v) is 11.2. The van der Waals surface area contributed by atoms with Crippen molar-refractivity contribution in [2.24, 2.45) is 0 Å². The number of hydrogen-bond donors (Lipinski definition) is 3. The van der Waals surface area contributed by atoms with Crippen molar-refractivity contribution in [3.8, 4) is 34.5 Å². The standard InChI is InChI=1S/C25H24Cl2N4O3/c1-15(32)28-13-5-6-16-7-12-20(19(27)14-16)31-22(17-8-10-18(26)11-9-17)23(33)21(30-31)24(34)29-25(2,3)4/h7-12,14,33H,13H2,1-4H3,(H,28,32)(H,29,34). The Balaban J connectivity index is 2.09. The number of carbonyl (C=O) groups excluding carboxylic acids is 2. The Kier molecular flexibility index (Phi) is 7.55. The van der Waals surface area contributed by atoms with E-state index in [2.05, 4.69) is 27.6 Å². The Morgan fingerprint density at radius 1 is 1.12 bits per heavy atom. The van der Waals surface area contributed by atoms with Crippen LogP contribution in [-0.4, -0.2) is 38.8 Å². The molecule has 0 spiro atoms. The largest absolute Gasteiger partial charge is 0.504 e. The molecular formula is C25H24Cl2N4O3. The summed E-state index contributed by atoms with van der Waals surface area (Å²) in [6, 6.07) is 11.9. The van der Waals surface area contributed by atoms with Crippen molar-refractivity contribution in [1.82, 2.24) is 20.4 Å². The van der Waals surface area contributed by atoms with Gasteiger partial charge in [0.1, 0.15) is 5.69 Å². The molecule has 3 N–H and O–H groups in total. The zero-order valence-electron chi connectivity index (χ0n) is 19.2. The maximum atomic E-state index is 12.8. The summed E-state index contributed by atoms with van der Waals surface area (Å²) in [5, 5.41) is 21.7. The van der Waals surface area contributed by atoms with Crippen LogP contribution in [0.15, 0.2) is 42.5 Å². The highest BCUT2D eigenvalue weighted by atomic mass is 35.5. The molecular weight excluding hydrogens is 475 g/mol. The summed E-state index contributed by atoms with van der Waals surface area (Å²) in [5.74, 6) is 4.81. The van der Waals surface area contributed by atoms with Crippen molar-refractivity contribution in [2.75, 3.05) is 6.54 Å². The summed E-state index contributed by atoms with van der Waals surface area (Å²) >= 11 is 12.6. The predicted octanol–water partition coefficient (Wildman–Crippen LogP) is 4.57. The number of aromatic hydroxyl groups is 1. The normalized spacial score (nSPS) is 10.9. The topological polar surface area (TPSA) is 96.2 Å². The molecule has 1 heterocycles. The SMILES string of the molecule is CC(=O)NCC#Cc1ccc(-n2nc(C(=O)NC(C)(C)C)c(O)c2-c2ccc(Cl)cc2)c(Cl)c1. The van der Waals surface area contributed by atoms with Crippen molar-refractivity contribution in [2.45, 2.75) is 33.2 Å². The van der Waals surface area contributed by atoms with Gasteiger partial charge in [-0.25, -0.2) is 4.68 Å². The number of benzene rings is 2. The van der Waals surface area contributed by atoms with E-state index in [-0.39, 0.29) is 23.9 Å². The maximum Gasteiger partial charge on any atom is 0.276 e. The van der Waals surface area contributed by atoms with Crippen molar-refractivity contribution < 1.29 is 14.7 Å². The summed E-state index contributed by atoms with van der Waals surface area (Å²) in [6.45, 7) is 7.14. The fourth-order valence-corrected chi connectivity index (χ4v) is 3.46. The van der Waals surface area contributed by atoms with Crippen LogP contribution in [-0.2, 0) is 4.79 Å². The Morgan fingerprint density at radius 3 is 2.38 bits per heavy atom. The number of amides is 2. The van der Waals surface area contributed by atoms with Gasteiger partial charge in [-0.05, 0) is 51.1 Å². The molecule has 9 heteroatoms. The van der Waals surface area contributed by atoms with E-state index < -0.39 is 11.4 Å². The van der Waals surface area contributed by atoms with Gasteiger partial charge in [0.25, 0.3) is 5.91 Å². The van der Waals surface area contributed by atoms with Gasteiger partial charge in [-0.3, -0.25) is 9.59 Å². The minimum absolute atomic E-state index is 0.130. The van der Waals surface area contributed by atoms with Crippen LogP contribution in [0.1, 0.15) is 43.7 Å². The monoisotopic (exact) mass is 498 g/mol. The number of rotatable bonds is 4. The van der Waals surface area contributed by atoms with E-state index in [4.69, 9.17) is 23.2 Å². The third-order valence-electron chi connectivity index (χ3n) is 4.52. The molecule has 0 bridgehead atoms. The summed E-state index contributed by atoms with van der Waals surface area (Å²) < 4.78 is 1.42. The highest BCUT2D eigenvalue weighted by molar-refractivity contribution is 6.32. The van der Waals surface area contributed by atoms with Crippen LogP contribution < -0.4 is 10.6 Å². The highest BCUT2D eigenvalue weighted by Crippen LogP contribution is 2.37. The van der Waals surface area contributed by atoms with E-state index >= 15 is 0 Å². The van der Waals surface area contributed by atoms with Crippen LogP contribution in [0.4, 0.5) is 0 Å². The second kappa shape index (κ2) is 10.2. The molecule has 2 aromatic carbocycles. The fourth-order valence-electron chi connectivity index (χ4n) is 3.07. The van der Waals surface area contributed by atoms with Crippen molar-refractivity contribution >= 4 is 35.0 Å². The van der Waals surface area contributed by atoms with Crippen molar-refractivity contribution in [3.05, 3.63) is 63.8 Å². The minimum Gasteiger partial charge on any atom is -0.504 e. The van der Waals surface area contributed by atoms with E-state index in [1.807, 2.05) is 20.8 Å². The van der Waals surface area contributed by atoms with Gasteiger partial charge < -0.3 is 15.7 Å². The molecule has 0 fully saturated rings. The molecule has 176 valence electrons. The lowest BCUT2D eigenvalue weighted by Crippen LogP contribution is -2.40. The lowest BCUT2D eigenvalue weighted by molar-refractivity contribution is -0.118. The van der Waals surface area contributed by atoms with E-state index in [1.54, 1.807) is 42.5 Å². The van der Waals surface area contributed by atoms with Gasteiger partial charge >= 0.3 is 0 Å². The third-order valence-corrected chi connectivity index (χ3v) is 5.07. The summed E-state index contributed by atoms with van der Waals surface area (Å²) in [7, 11) is 0. The predicted molar refractivity (Wildman–Crippen MR) is 133 cm³/mol.